The molecule has 0 aromatic heterocycles. The summed E-state index contributed by atoms with van der Waals surface area (Å²) >= 11 is 0. The molecule has 3 amide bonds. The zero-order valence-corrected chi connectivity index (χ0v) is 8.27. The Balaban J connectivity index is 1.84. The highest BCUT2D eigenvalue weighted by atomic mass is 16.6. The van der Waals surface area contributed by atoms with Gasteiger partial charge in [-0.3, -0.25) is 14.5 Å². The normalized spacial score (nSPS) is 21.5. The molecule has 0 radical (unpaired) electrons. The second-order valence-electron chi connectivity index (χ2n) is 3.54. The highest BCUT2D eigenvalue weighted by molar-refractivity contribution is 6.01. The van der Waals surface area contributed by atoms with Gasteiger partial charge in [-0.05, 0) is 0 Å². The summed E-state index contributed by atoms with van der Waals surface area (Å²) in [7, 11) is 0. The molecule has 0 aromatic rings. The van der Waals surface area contributed by atoms with Crippen molar-refractivity contribution in [2.24, 2.45) is 0 Å². The molecule has 0 bridgehead atoms. The van der Waals surface area contributed by atoms with Crippen molar-refractivity contribution in [1.82, 2.24) is 9.80 Å². The van der Waals surface area contributed by atoms with Gasteiger partial charge < -0.3 is 9.64 Å². The van der Waals surface area contributed by atoms with Crippen molar-refractivity contribution in [2.75, 3.05) is 26.2 Å². The first-order valence-corrected chi connectivity index (χ1v) is 4.93. The van der Waals surface area contributed by atoms with E-state index in [-0.39, 0.29) is 24.5 Å². The summed E-state index contributed by atoms with van der Waals surface area (Å²) in [5.41, 5.74) is 0. The van der Waals surface area contributed by atoms with E-state index in [9.17, 15) is 14.4 Å². The summed E-state index contributed by atoms with van der Waals surface area (Å²) < 4.78 is 4.73. The lowest BCUT2D eigenvalue weighted by atomic mass is 10.4. The quantitative estimate of drug-likeness (QED) is 0.596. The van der Waals surface area contributed by atoms with Crippen molar-refractivity contribution < 1.29 is 19.1 Å². The van der Waals surface area contributed by atoms with E-state index in [4.69, 9.17) is 4.74 Å². The van der Waals surface area contributed by atoms with Crippen LogP contribution in [0, 0.1) is 0 Å². The molecule has 0 saturated carbocycles. The molecule has 0 aromatic carbocycles. The minimum Gasteiger partial charge on any atom is -0.448 e. The van der Waals surface area contributed by atoms with E-state index in [2.05, 4.69) is 0 Å². The van der Waals surface area contributed by atoms with Gasteiger partial charge in [0.15, 0.2) is 0 Å². The Morgan fingerprint density at radius 3 is 2.27 bits per heavy atom. The molecule has 2 aliphatic rings. The van der Waals surface area contributed by atoms with Gasteiger partial charge in [0.05, 0.1) is 6.54 Å². The Kier molecular flexibility index (Phi) is 2.57. The fourth-order valence-electron chi connectivity index (χ4n) is 1.72. The predicted octanol–water partition coefficient (Wildman–Crippen LogP) is -0.412. The maximum atomic E-state index is 11.2. The number of amides is 3. The smallest absolute Gasteiger partial charge is 0.410 e. The number of carbonyl (C=O) groups is 3. The van der Waals surface area contributed by atoms with Crippen LogP contribution in [0.2, 0.25) is 0 Å². The second-order valence-corrected chi connectivity index (χ2v) is 3.54. The zero-order valence-electron chi connectivity index (χ0n) is 8.27. The van der Waals surface area contributed by atoms with Crippen LogP contribution in [-0.4, -0.2) is 53.9 Å². The van der Waals surface area contributed by atoms with E-state index < -0.39 is 0 Å². The number of cyclic esters (lactones) is 1. The summed E-state index contributed by atoms with van der Waals surface area (Å²) in [4.78, 5) is 36.3. The highest BCUT2D eigenvalue weighted by Crippen LogP contribution is 2.12. The van der Waals surface area contributed by atoms with Gasteiger partial charge >= 0.3 is 6.09 Å². The van der Waals surface area contributed by atoms with Crippen LogP contribution in [0.4, 0.5) is 4.79 Å². The number of likely N-dealkylation sites (tertiary alicyclic amines) is 1. The van der Waals surface area contributed by atoms with E-state index in [1.165, 1.54) is 9.80 Å². The minimum absolute atomic E-state index is 0.146. The van der Waals surface area contributed by atoms with Gasteiger partial charge in [0.2, 0.25) is 11.8 Å². The van der Waals surface area contributed by atoms with Crippen LogP contribution in [0.5, 0.6) is 0 Å². The van der Waals surface area contributed by atoms with Gasteiger partial charge in [0.25, 0.3) is 0 Å². The van der Waals surface area contributed by atoms with Gasteiger partial charge in [-0.1, -0.05) is 0 Å². The minimum atomic E-state index is -0.367. The van der Waals surface area contributed by atoms with Gasteiger partial charge in [-0.15, -0.1) is 0 Å². The van der Waals surface area contributed by atoms with Crippen LogP contribution in [0.3, 0.4) is 0 Å². The first-order valence-electron chi connectivity index (χ1n) is 4.93. The molecule has 2 aliphatic heterocycles. The topological polar surface area (TPSA) is 66.9 Å². The number of carbonyl (C=O) groups excluding carboxylic acids is 3. The number of rotatable bonds is 3. The van der Waals surface area contributed by atoms with Crippen LogP contribution in [0.1, 0.15) is 12.8 Å². The van der Waals surface area contributed by atoms with Crippen LogP contribution in [-0.2, 0) is 14.3 Å². The van der Waals surface area contributed by atoms with Crippen molar-refractivity contribution in [3.8, 4) is 0 Å². The van der Waals surface area contributed by atoms with Crippen LogP contribution in [0.25, 0.3) is 0 Å². The first kappa shape index (κ1) is 9.95. The number of nitrogens with zero attached hydrogens (tertiary/aromatic N) is 2. The number of ether oxygens (including phenoxy) is 1. The maximum absolute atomic E-state index is 11.2. The first-order chi connectivity index (χ1) is 7.18. The molecule has 2 saturated heterocycles. The lowest BCUT2D eigenvalue weighted by Crippen LogP contribution is -2.38. The second kappa shape index (κ2) is 3.88. The molecule has 82 valence electrons. The third-order valence-corrected chi connectivity index (χ3v) is 2.59. The lowest BCUT2D eigenvalue weighted by molar-refractivity contribution is -0.138. The molecule has 2 fully saturated rings. The zero-order chi connectivity index (χ0) is 10.8. The van der Waals surface area contributed by atoms with Gasteiger partial charge in [0.1, 0.15) is 6.61 Å². The third-order valence-electron chi connectivity index (χ3n) is 2.59. The Bertz CT molecular complexity index is 299. The monoisotopic (exact) mass is 212 g/mol. The standard InChI is InChI=1S/C9H12N2O4/c12-7-1-2-8(13)11(7)4-3-10-5-6-15-9(10)14/h1-6H2. The highest BCUT2D eigenvalue weighted by Gasteiger charge is 2.30. The Hall–Kier alpha value is -1.59. The van der Waals surface area contributed by atoms with Crippen molar-refractivity contribution in [3.05, 3.63) is 0 Å². The molecule has 0 spiro atoms. The third kappa shape index (κ3) is 1.93. The average molecular weight is 212 g/mol. The van der Waals surface area contributed by atoms with Gasteiger partial charge in [-0.2, -0.15) is 0 Å². The molecule has 0 aliphatic carbocycles. The van der Waals surface area contributed by atoms with Crippen molar-refractivity contribution >= 4 is 17.9 Å². The molecule has 6 nitrogen and oxygen atoms in total. The Morgan fingerprint density at radius 2 is 1.73 bits per heavy atom. The molecule has 0 unspecified atom stereocenters. The summed E-state index contributed by atoms with van der Waals surface area (Å²) in [5.74, 6) is -0.292. The summed E-state index contributed by atoms with van der Waals surface area (Å²) in [5, 5.41) is 0. The van der Waals surface area contributed by atoms with Crippen LogP contribution in [0.15, 0.2) is 0 Å². The number of hydrogen-bond acceptors (Lipinski definition) is 4. The summed E-state index contributed by atoms with van der Waals surface area (Å²) in [6, 6.07) is 0. The summed E-state index contributed by atoms with van der Waals surface area (Å²) in [6.45, 7) is 1.58. The van der Waals surface area contributed by atoms with Gasteiger partial charge in [-0.25, -0.2) is 4.79 Å². The fraction of sp³-hybridized carbons (Fsp3) is 0.667. The van der Waals surface area contributed by atoms with Crippen LogP contribution < -0.4 is 0 Å². The lowest BCUT2D eigenvalue weighted by Gasteiger charge is -2.17. The van der Waals surface area contributed by atoms with Crippen LogP contribution >= 0.6 is 0 Å². The van der Waals surface area contributed by atoms with E-state index in [0.29, 0.717) is 32.5 Å². The molecule has 6 heteroatoms. The Labute approximate surface area is 86.8 Å². The van der Waals surface area contributed by atoms with Gasteiger partial charge in [0, 0.05) is 25.9 Å². The molecule has 0 atom stereocenters. The average Bonchev–Trinajstić information content (AvgIpc) is 2.73. The molecule has 2 heterocycles. The summed E-state index contributed by atoms with van der Waals surface area (Å²) in [6.07, 6.45) is 0.223. The molecular weight excluding hydrogens is 200 g/mol. The van der Waals surface area contributed by atoms with Crippen molar-refractivity contribution in [3.63, 3.8) is 0 Å². The number of hydrogen-bond donors (Lipinski definition) is 0. The molecular formula is C9H12N2O4. The fourth-order valence-corrected chi connectivity index (χ4v) is 1.72. The Morgan fingerprint density at radius 1 is 1.07 bits per heavy atom. The van der Waals surface area contributed by atoms with E-state index in [1.807, 2.05) is 0 Å². The predicted molar refractivity (Wildman–Crippen MR) is 48.9 cm³/mol. The SMILES string of the molecule is O=C1OCCN1CCN1C(=O)CCC1=O. The largest absolute Gasteiger partial charge is 0.448 e. The van der Waals surface area contributed by atoms with E-state index in [0.717, 1.165) is 0 Å². The van der Waals surface area contributed by atoms with Crippen molar-refractivity contribution in [1.29, 1.82) is 0 Å². The molecule has 15 heavy (non-hydrogen) atoms. The van der Waals surface area contributed by atoms with Crippen molar-refractivity contribution in [2.45, 2.75) is 12.8 Å². The number of imide groups is 1. The van der Waals surface area contributed by atoms with E-state index >= 15 is 0 Å². The molecule has 0 N–H and O–H groups in total. The maximum Gasteiger partial charge on any atom is 0.410 e. The van der Waals surface area contributed by atoms with E-state index in [1.54, 1.807) is 0 Å². The molecule has 2 rings (SSSR count).